The van der Waals surface area contributed by atoms with Crippen molar-refractivity contribution in [2.24, 2.45) is 0 Å². The third-order valence-corrected chi connectivity index (χ3v) is 7.63. The van der Waals surface area contributed by atoms with E-state index in [-0.39, 0.29) is 24.7 Å². The minimum Gasteiger partial charge on any atom is -0.449 e. The van der Waals surface area contributed by atoms with Crippen LogP contribution in [0.2, 0.25) is 0 Å². The van der Waals surface area contributed by atoms with Crippen molar-refractivity contribution in [2.45, 2.75) is 75.2 Å². The second-order valence-electron chi connectivity index (χ2n) is 9.37. The molecule has 6 rings (SSSR count). The summed E-state index contributed by atoms with van der Waals surface area (Å²) in [5.41, 5.74) is 2.05. The summed E-state index contributed by atoms with van der Waals surface area (Å²) in [6.07, 6.45) is 6.42. The summed E-state index contributed by atoms with van der Waals surface area (Å²) in [4.78, 5) is 27.2. The summed E-state index contributed by atoms with van der Waals surface area (Å²) >= 11 is 0. The Labute approximate surface area is 183 Å². The molecule has 3 fully saturated rings. The van der Waals surface area contributed by atoms with Crippen molar-refractivity contribution in [1.29, 1.82) is 0 Å². The monoisotopic (exact) mass is 428 g/mol. The first-order valence-electron chi connectivity index (χ1n) is 11.7. The maximum absolute atomic E-state index is 13.2. The molecule has 1 aromatic carbocycles. The van der Waals surface area contributed by atoms with Crippen LogP contribution in [0.15, 0.2) is 24.3 Å². The van der Waals surface area contributed by atoms with Gasteiger partial charge in [-0.3, -0.25) is 4.79 Å². The third-order valence-electron chi connectivity index (χ3n) is 7.63. The lowest BCUT2D eigenvalue weighted by atomic mass is 9.78. The molecule has 1 N–H and O–H groups in total. The highest BCUT2D eigenvalue weighted by atomic mass is 16.6. The average molecular weight is 429 g/mol. The Morgan fingerprint density at radius 2 is 1.87 bits per heavy atom. The Morgan fingerprint density at radius 1 is 1.03 bits per heavy atom. The van der Waals surface area contributed by atoms with E-state index < -0.39 is 11.6 Å². The van der Waals surface area contributed by atoms with E-state index >= 15 is 0 Å². The summed E-state index contributed by atoms with van der Waals surface area (Å²) in [6.45, 7) is 1.98. The molecule has 2 atom stereocenters. The van der Waals surface area contributed by atoms with Crippen molar-refractivity contribution in [1.82, 2.24) is 10.2 Å². The molecule has 4 heterocycles. The summed E-state index contributed by atoms with van der Waals surface area (Å²) in [5.74, 6) is 0.485. The van der Waals surface area contributed by atoms with Gasteiger partial charge in [-0.2, -0.15) is 0 Å². The Morgan fingerprint density at radius 3 is 2.71 bits per heavy atom. The molecule has 7 nitrogen and oxygen atoms in total. The van der Waals surface area contributed by atoms with E-state index in [0.717, 1.165) is 38.5 Å². The molecule has 5 aliphatic rings. The lowest BCUT2D eigenvalue weighted by molar-refractivity contribution is -0.148. The first-order valence-corrected chi connectivity index (χ1v) is 11.7. The summed E-state index contributed by atoms with van der Waals surface area (Å²) in [7, 11) is 0. The van der Waals surface area contributed by atoms with E-state index in [9.17, 15) is 9.59 Å². The van der Waals surface area contributed by atoms with Gasteiger partial charge in [0.1, 0.15) is 6.61 Å². The van der Waals surface area contributed by atoms with E-state index in [1.54, 1.807) is 0 Å². The fourth-order valence-corrected chi connectivity index (χ4v) is 5.96. The number of hydrogen-bond donors (Lipinski definition) is 1. The number of nitrogens with one attached hydrogen (secondary N) is 1. The second-order valence-corrected chi connectivity index (χ2v) is 9.37. The van der Waals surface area contributed by atoms with Gasteiger partial charge < -0.3 is 24.4 Å². The number of piperidine rings is 1. The van der Waals surface area contributed by atoms with Crippen LogP contribution in [0.1, 0.15) is 62.0 Å². The minimum atomic E-state index is -0.482. The Balaban J connectivity index is 1.41. The molecule has 1 spiro atoms. The predicted molar refractivity (Wildman–Crippen MR) is 114 cm³/mol. The van der Waals surface area contributed by atoms with Gasteiger partial charge in [0.2, 0.25) is 5.91 Å². The number of rotatable bonds is 0. The van der Waals surface area contributed by atoms with Crippen molar-refractivity contribution < 1.29 is 23.8 Å². The molecule has 2 saturated heterocycles. The molecule has 0 radical (unpaired) electrons. The molecule has 1 saturated carbocycles. The quantitative estimate of drug-likeness (QED) is 0.687. The topological polar surface area (TPSA) is 77.1 Å². The van der Waals surface area contributed by atoms with Crippen molar-refractivity contribution in [3.8, 4) is 0 Å². The molecular weight excluding hydrogens is 396 g/mol. The van der Waals surface area contributed by atoms with Gasteiger partial charge in [-0.05, 0) is 55.6 Å². The lowest BCUT2D eigenvalue weighted by Crippen LogP contribution is -2.70. The van der Waals surface area contributed by atoms with E-state index in [1.165, 1.54) is 11.1 Å². The third kappa shape index (κ3) is 4.17. The van der Waals surface area contributed by atoms with Crippen molar-refractivity contribution in [2.75, 3.05) is 26.4 Å². The largest absolute Gasteiger partial charge is 0.449 e. The highest BCUT2D eigenvalue weighted by molar-refractivity contribution is 5.78. The predicted octanol–water partition coefficient (Wildman–Crippen LogP) is 3.12. The zero-order valence-electron chi connectivity index (χ0n) is 18.0. The van der Waals surface area contributed by atoms with Gasteiger partial charge in [-0.15, -0.1) is 0 Å². The van der Waals surface area contributed by atoms with Crippen molar-refractivity contribution in [3.05, 3.63) is 35.4 Å². The second kappa shape index (κ2) is 8.79. The molecule has 168 valence electrons. The van der Waals surface area contributed by atoms with Gasteiger partial charge in [-0.25, -0.2) is 4.79 Å². The number of carbonyl (C=O) groups excluding carboxylic acids is 2. The van der Waals surface area contributed by atoms with Crippen LogP contribution in [0.25, 0.3) is 0 Å². The van der Waals surface area contributed by atoms with Gasteiger partial charge in [-0.1, -0.05) is 24.3 Å². The highest BCUT2D eigenvalue weighted by Gasteiger charge is 2.49. The molecule has 4 aliphatic heterocycles. The maximum atomic E-state index is 13.2. The first-order chi connectivity index (χ1) is 15.1. The van der Waals surface area contributed by atoms with Crippen LogP contribution < -0.4 is 5.32 Å². The van der Waals surface area contributed by atoms with Crippen LogP contribution in [0.4, 0.5) is 4.79 Å². The van der Waals surface area contributed by atoms with Crippen LogP contribution in [0.3, 0.4) is 0 Å². The maximum Gasteiger partial charge on any atom is 0.407 e. The number of hydrogen-bond acceptors (Lipinski definition) is 5. The lowest BCUT2D eigenvalue weighted by Gasteiger charge is -2.51. The average Bonchev–Trinajstić information content (AvgIpc) is 2.78. The van der Waals surface area contributed by atoms with Crippen LogP contribution in [-0.2, 0) is 25.6 Å². The fraction of sp³-hybridized carbons (Fsp3) is 0.667. The normalized spacial score (nSPS) is 34.3. The standard InChI is InChI=1S/C24H32N2O5/c27-22-16-29-14-18-4-1-2-5-20(18)17-6-8-19(9-7-17)31-15-21-24(10-3-12-26(21)22)11-13-30-23(28)25-24/h1-2,4-5,17,19,21H,3,6-16H2,(H,25,28). The van der Waals surface area contributed by atoms with E-state index in [4.69, 9.17) is 14.2 Å². The van der Waals surface area contributed by atoms with Crippen LogP contribution in [0.5, 0.6) is 0 Å². The molecule has 7 heteroatoms. The van der Waals surface area contributed by atoms with Crippen LogP contribution >= 0.6 is 0 Å². The number of benzene rings is 1. The summed E-state index contributed by atoms with van der Waals surface area (Å²) in [6, 6.07) is 8.26. The summed E-state index contributed by atoms with van der Waals surface area (Å²) in [5, 5.41) is 3.07. The van der Waals surface area contributed by atoms with Crippen LogP contribution in [0, 0.1) is 0 Å². The number of fused-ring (bicyclic) bond motifs is 6. The molecule has 2 bridgehead atoms. The fourth-order valence-electron chi connectivity index (χ4n) is 5.96. The molecule has 1 aromatic rings. The number of alkyl carbamates (subject to hydrolysis) is 1. The van der Waals surface area contributed by atoms with Crippen molar-refractivity contribution >= 4 is 12.0 Å². The molecule has 0 aromatic heterocycles. The van der Waals surface area contributed by atoms with Gasteiger partial charge in [0.15, 0.2) is 0 Å². The minimum absolute atomic E-state index is 0.0342. The number of ether oxygens (including phenoxy) is 3. The Hall–Kier alpha value is -2.12. The van der Waals surface area contributed by atoms with E-state index in [2.05, 4.69) is 23.5 Å². The number of amides is 2. The SMILES string of the molecule is O=C1NC2(CCCN3C(=O)COCc4ccccc4C4CCC(CC4)OCC32)CCO1. The molecule has 2 unspecified atom stereocenters. The van der Waals surface area contributed by atoms with Gasteiger partial charge >= 0.3 is 6.09 Å². The smallest absolute Gasteiger partial charge is 0.407 e. The molecule has 1 aliphatic carbocycles. The van der Waals surface area contributed by atoms with Crippen molar-refractivity contribution in [3.63, 3.8) is 0 Å². The highest BCUT2D eigenvalue weighted by Crippen LogP contribution is 2.38. The van der Waals surface area contributed by atoms with Gasteiger partial charge in [0, 0.05) is 13.0 Å². The zero-order valence-corrected chi connectivity index (χ0v) is 18.0. The Bertz CT molecular complexity index is 818. The van der Waals surface area contributed by atoms with Crippen LogP contribution in [-0.4, -0.2) is 61.0 Å². The van der Waals surface area contributed by atoms with Gasteiger partial charge in [0.05, 0.1) is 37.5 Å². The molecule has 31 heavy (non-hydrogen) atoms. The number of carbonyl (C=O) groups is 2. The zero-order chi connectivity index (χ0) is 21.3. The number of nitrogens with zero attached hydrogens (tertiary/aromatic N) is 1. The molecule has 2 amide bonds. The first kappa shape index (κ1) is 20.8. The molecular formula is C24H32N2O5. The van der Waals surface area contributed by atoms with E-state index in [1.807, 2.05) is 11.0 Å². The Kier molecular flexibility index (Phi) is 5.89. The van der Waals surface area contributed by atoms with Gasteiger partial charge in [0.25, 0.3) is 0 Å². The summed E-state index contributed by atoms with van der Waals surface area (Å²) < 4.78 is 17.5. The number of cyclic esters (lactones) is 1. The van der Waals surface area contributed by atoms with E-state index in [0.29, 0.717) is 38.7 Å².